The predicted octanol–water partition coefficient (Wildman–Crippen LogP) is 3.98. The molecule has 2 heteroatoms. The van der Waals surface area contributed by atoms with Crippen LogP contribution in [0, 0.1) is 17.8 Å². The van der Waals surface area contributed by atoms with Crippen molar-refractivity contribution in [3.63, 3.8) is 0 Å². The summed E-state index contributed by atoms with van der Waals surface area (Å²) >= 11 is 0. The molecule has 1 rings (SSSR count). The molecule has 0 bridgehead atoms. The normalized spacial score (nSPS) is 15.3. The predicted molar refractivity (Wildman–Crippen MR) is 69.2 cm³/mol. The standard InChI is InChI=1S/C14H26N2/c1-5-13(4)9-14(8-12(2)3)10-16-7-6-15-11-16/h6-7,11-14H,5,8-10H2,1-4H3. The first-order valence-electron chi connectivity index (χ1n) is 6.57. The Kier molecular flexibility index (Phi) is 5.58. The lowest BCUT2D eigenvalue weighted by Crippen LogP contribution is -2.15. The molecule has 0 aromatic carbocycles. The molecule has 1 aromatic heterocycles. The van der Waals surface area contributed by atoms with Crippen LogP contribution in [0.1, 0.15) is 47.0 Å². The third-order valence-electron chi connectivity index (χ3n) is 3.27. The van der Waals surface area contributed by atoms with Gasteiger partial charge in [0.05, 0.1) is 6.33 Å². The monoisotopic (exact) mass is 222 g/mol. The van der Waals surface area contributed by atoms with Gasteiger partial charge in [0.25, 0.3) is 0 Å². The van der Waals surface area contributed by atoms with Crippen LogP contribution >= 0.6 is 0 Å². The zero-order chi connectivity index (χ0) is 12.0. The van der Waals surface area contributed by atoms with Gasteiger partial charge in [0.2, 0.25) is 0 Å². The van der Waals surface area contributed by atoms with Gasteiger partial charge in [0.15, 0.2) is 0 Å². The number of hydrogen-bond donors (Lipinski definition) is 0. The van der Waals surface area contributed by atoms with E-state index in [1.54, 1.807) is 0 Å². The first-order valence-corrected chi connectivity index (χ1v) is 6.57. The molecule has 0 N–H and O–H groups in total. The minimum Gasteiger partial charge on any atom is -0.337 e. The van der Waals surface area contributed by atoms with Crippen LogP contribution in [0.2, 0.25) is 0 Å². The molecule has 0 aliphatic heterocycles. The summed E-state index contributed by atoms with van der Waals surface area (Å²) in [6, 6.07) is 0. The zero-order valence-corrected chi connectivity index (χ0v) is 11.2. The van der Waals surface area contributed by atoms with Gasteiger partial charge in [0.1, 0.15) is 0 Å². The molecule has 0 fully saturated rings. The fourth-order valence-corrected chi connectivity index (χ4v) is 2.34. The summed E-state index contributed by atoms with van der Waals surface area (Å²) in [5, 5.41) is 0. The number of imidazole rings is 1. The number of aromatic nitrogens is 2. The lowest BCUT2D eigenvalue weighted by Gasteiger charge is -2.22. The van der Waals surface area contributed by atoms with E-state index in [4.69, 9.17) is 0 Å². The van der Waals surface area contributed by atoms with Crippen molar-refractivity contribution in [2.24, 2.45) is 17.8 Å². The minimum absolute atomic E-state index is 0.789. The molecule has 0 amide bonds. The van der Waals surface area contributed by atoms with Gasteiger partial charge in [0, 0.05) is 18.9 Å². The highest BCUT2D eigenvalue weighted by Crippen LogP contribution is 2.23. The Morgan fingerprint density at radius 3 is 2.44 bits per heavy atom. The van der Waals surface area contributed by atoms with Crippen LogP contribution in [0.4, 0.5) is 0 Å². The second kappa shape index (κ2) is 6.72. The summed E-state index contributed by atoms with van der Waals surface area (Å²) in [7, 11) is 0. The van der Waals surface area contributed by atoms with Gasteiger partial charge < -0.3 is 4.57 Å². The summed E-state index contributed by atoms with van der Waals surface area (Å²) < 4.78 is 2.22. The molecule has 0 saturated heterocycles. The number of rotatable bonds is 7. The van der Waals surface area contributed by atoms with Crippen molar-refractivity contribution in [1.29, 1.82) is 0 Å². The minimum atomic E-state index is 0.789. The Bertz CT molecular complexity index is 264. The van der Waals surface area contributed by atoms with Crippen LogP contribution in [0.25, 0.3) is 0 Å². The van der Waals surface area contributed by atoms with E-state index in [1.165, 1.54) is 19.3 Å². The van der Waals surface area contributed by atoms with E-state index in [1.807, 2.05) is 12.5 Å². The molecule has 1 heterocycles. The number of hydrogen-bond acceptors (Lipinski definition) is 1. The van der Waals surface area contributed by atoms with Crippen molar-refractivity contribution in [3.05, 3.63) is 18.7 Å². The Hall–Kier alpha value is -0.790. The summed E-state index contributed by atoms with van der Waals surface area (Å²) in [6.07, 6.45) is 9.83. The van der Waals surface area contributed by atoms with Gasteiger partial charge in [-0.05, 0) is 30.6 Å². The molecule has 0 spiro atoms. The molecule has 0 aliphatic rings. The Morgan fingerprint density at radius 1 is 1.19 bits per heavy atom. The van der Waals surface area contributed by atoms with E-state index >= 15 is 0 Å². The van der Waals surface area contributed by atoms with Crippen molar-refractivity contribution in [2.75, 3.05) is 0 Å². The van der Waals surface area contributed by atoms with Crippen molar-refractivity contribution < 1.29 is 0 Å². The first-order chi connectivity index (χ1) is 7.61. The Morgan fingerprint density at radius 2 is 1.94 bits per heavy atom. The Labute approximate surface area is 100 Å². The van der Waals surface area contributed by atoms with E-state index in [9.17, 15) is 0 Å². The second-order valence-electron chi connectivity index (χ2n) is 5.50. The summed E-state index contributed by atoms with van der Waals surface area (Å²) in [4.78, 5) is 4.12. The van der Waals surface area contributed by atoms with Gasteiger partial charge in [-0.1, -0.05) is 34.1 Å². The topological polar surface area (TPSA) is 17.8 Å². The third kappa shape index (κ3) is 4.82. The third-order valence-corrected chi connectivity index (χ3v) is 3.27. The van der Waals surface area contributed by atoms with E-state index in [2.05, 4.69) is 43.4 Å². The van der Waals surface area contributed by atoms with E-state index in [0.717, 1.165) is 24.3 Å². The molecule has 1 aromatic rings. The fraction of sp³-hybridized carbons (Fsp3) is 0.786. The van der Waals surface area contributed by atoms with E-state index < -0.39 is 0 Å². The molecular formula is C14H26N2. The molecule has 0 saturated carbocycles. The average molecular weight is 222 g/mol. The lowest BCUT2D eigenvalue weighted by molar-refractivity contribution is 0.294. The molecule has 92 valence electrons. The van der Waals surface area contributed by atoms with Gasteiger partial charge >= 0.3 is 0 Å². The Balaban J connectivity index is 2.49. The van der Waals surface area contributed by atoms with Crippen LogP contribution in [-0.4, -0.2) is 9.55 Å². The molecule has 0 aliphatic carbocycles. The summed E-state index contributed by atoms with van der Waals surface area (Å²) in [5.41, 5.74) is 0. The van der Waals surface area contributed by atoms with Crippen LogP contribution < -0.4 is 0 Å². The highest BCUT2D eigenvalue weighted by atomic mass is 15.0. The van der Waals surface area contributed by atoms with Crippen LogP contribution in [0.3, 0.4) is 0 Å². The van der Waals surface area contributed by atoms with Gasteiger partial charge in [-0.25, -0.2) is 4.98 Å². The molecule has 2 atom stereocenters. The maximum absolute atomic E-state index is 4.12. The zero-order valence-electron chi connectivity index (χ0n) is 11.2. The molecule has 0 radical (unpaired) electrons. The second-order valence-corrected chi connectivity index (χ2v) is 5.50. The van der Waals surface area contributed by atoms with E-state index in [0.29, 0.717) is 0 Å². The quantitative estimate of drug-likeness (QED) is 0.682. The lowest BCUT2D eigenvalue weighted by atomic mass is 9.87. The molecule has 2 nitrogen and oxygen atoms in total. The van der Waals surface area contributed by atoms with Gasteiger partial charge in [-0.2, -0.15) is 0 Å². The molecular weight excluding hydrogens is 196 g/mol. The highest BCUT2D eigenvalue weighted by Gasteiger charge is 2.14. The van der Waals surface area contributed by atoms with Crippen molar-refractivity contribution >= 4 is 0 Å². The van der Waals surface area contributed by atoms with Crippen LogP contribution in [0.5, 0.6) is 0 Å². The largest absolute Gasteiger partial charge is 0.337 e. The summed E-state index contributed by atoms with van der Waals surface area (Å²) in [6.45, 7) is 10.4. The van der Waals surface area contributed by atoms with Crippen molar-refractivity contribution in [2.45, 2.75) is 53.5 Å². The van der Waals surface area contributed by atoms with E-state index in [-0.39, 0.29) is 0 Å². The maximum Gasteiger partial charge on any atom is 0.0945 e. The number of nitrogens with zero attached hydrogens (tertiary/aromatic N) is 2. The van der Waals surface area contributed by atoms with Crippen molar-refractivity contribution in [3.8, 4) is 0 Å². The SMILES string of the molecule is CCC(C)CC(CC(C)C)Cn1ccnc1. The van der Waals surface area contributed by atoms with Gasteiger partial charge in [-0.15, -0.1) is 0 Å². The first kappa shape index (κ1) is 13.3. The fourth-order valence-electron chi connectivity index (χ4n) is 2.34. The average Bonchev–Trinajstić information content (AvgIpc) is 2.69. The molecule has 16 heavy (non-hydrogen) atoms. The van der Waals surface area contributed by atoms with Crippen LogP contribution in [0.15, 0.2) is 18.7 Å². The maximum atomic E-state index is 4.12. The molecule has 2 unspecified atom stereocenters. The van der Waals surface area contributed by atoms with Crippen molar-refractivity contribution in [1.82, 2.24) is 9.55 Å². The van der Waals surface area contributed by atoms with Crippen LogP contribution in [-0.2, 0) is 6.54 Å². The summed E-state index contributed by atoms with van der Waals surface area (Å²) in [5.74, 6) is 2.42. The smallest absolute Gasteiger partial charge is 0.0945 e. The van der Waals surface area contributed by atoms with Gasteiger partial charge in [-0.3, -0.25) is 0 Å². The highest BCUT2D eigenvalue weighted by molar-refractivity contribution is 4.76.